The minimum Gasteiger partial charge on any atom is -0.289 e. The fraction of sp³-hybridized carbons (Fsp3) is 0. The fourth-order valence-corrected chi connectivity index (χ4v) is 2.51. The predicted octanol–water partition coefficient (Wildman–Crippen LogP) is 2.80. The summed E-state index contributed by atoms with van der Waals surface area (Å²) in [6.45, 7) is 0. The van der Waals surface area contributed by atoms with Crippen molar-refractivity contribution >= 4 is 17.5 Å². The van der Waals surface area contributed by atoms with E-state index >= 15 is 0 Å². The average Bonchev–Trinajstić information content (AvgIpc) is 2.93. The molecule has 0 aliphatic heterocycles. The summed E-state index contributed by atoms with van der Waals surface area (Å²) < 4.78 is 1.49. The summed E-state index contributed by atoms with van der Waals surface area (Å²) in [5.41, 5.74) is 4.40. The van der Waals surface area contributed by atoms with Gasteiger partial charge in [0, 0.05) is 5.56 Å². The second-order valence-electron chi connectivity index (χ2n) is 4.60. The first-order valence-corrected chi connectivity index (χ1v) is 7.00. The third kappa shape index (κ3) is 2.47. The molecule has 0 saturated heterocycles. The van der Waals surface area contributed by atoms with Gasteiger partial charge in [-0.05, 0) is 12.1 Å². The van der Waals surface area contributed by atoms with Gasteiger partial charge in [-0.3, -0.25) is 10.2 Å². The molecular weight excluding hydrogens is 300 g/mol. The zero-order valence-corrected chi connectivity index (χ0v) is 12.3. The van der Waals surface area contributed by atoms with E-state index in [-0.39, 0.29) is 10.7 Å². The van der Waals surface area contributed by atoms with Gasteiger partial charge in [0.15, 0.2) is 5.69 Å². The summed E-state index contributed by atoms with van der Waals surface area (Å²) in [5.74, 6) is 4.77. The van der Waals surface area contributed by atoms with Crippen molar-refractivity contribution in [2.45, 2.75) is 0 Å². The van der Waals surface area contributed by atoms with Gasteiger partial charge in [-0.25, -0.2) is 10.5 Å². The van der Waals surface area contributed by atoms with Crippen LogP contribution in [0.25, 0.3) is 16.9 Å². The molecule has 0 aliphatic carbocycles. The summed E-state index contributed by atoms with van der Waals surface area (Å²) in [5, 5.41) is 4.75. The van der Waals surface area contributed by atoms with Gasteiger partial charge in [0.1, 0.15) is 10.7 Å². The average molecular weight is 313 g/mol. The normalized spacial score (nSPS) is 10.5. The molecule has 0 aliphatic rings. The number of benzene rings is 2. The number of hydrogen-bond donors (Lipinski definition) is 2. The van der Waals surface area contributed by atoms with Crippen LogP contribution in [0, 0.1) is 0 Å². The van der Waals surface area contributed by atoms with E-state index in [9.17, 15) is 4.79 Å². The first kappa shape index (κ1) is 14.3. The highest BCUT2D eigenvalue weighted by Gasteiger charge is 2.23. The number of nitrogens with one attached hydrogen (secondary N) is 1. The third-order valence-electron chi connectivity index (χ3n) is 3.22. The Kier molecular flexibility index (Phi) is 3.91. The van der Waals surface area contributed by atoms with Crippen LogP contribution in [0.15, 0.2) is 60.7 Å². The number of hydrazine groups is 1. The third-order valence-corrected chi connectivity index (χ3v) is 3.58. The lowest BCUT2D eigenvalue weighted by molar-refractivity contribution is 0.0946. The number of amides is 1. The standard InChI is InChI=1S/C16H13ClN4O/c17-13-14(11-7-3-1-4-8-11)20-21(15(13)16(22)19-18)12-9-5-2-6-10-12/h1-10H,18H2,(H,19,22). The van der Waals surface area contributed by atoms with Crippen LogP contribution in [0.3, 0.4) is 0 Å². The number of carbonyl (C=O) groups is 1. The van der Waals surface area contributed by atoms with Crippen molar-refractivity contribution in [1.82, 2.24) is 15.2 Å². The molecule has 2 aromatic carbocycles. The lowest BCUT2D eigenvalue weighted by atomic mass is 10.1. The molecule has 1 amide bonds. The van der Waals surface area contributed by atoms with E-state index < -0.39 is 5.91 Å². The van der Waals surface area contributed by atoms with E-state index in [1.807, 2.05) is 60.7 Å². The van der Waals surface area contributed by atoms with Gasteiger partial charge in [0.2, 0.25) is 0 Å². The molecule has 0 radical (unpaired) electrons. The quantitative estimate of drug-likeness (QED) is 0.444. The van der Waals surface area contributed by atoms with Crippen molar-refractivity contribution in [1.29, 1.82) is 0 Å². The highest BCUT2D eigenvalue weighted by atomic mass is 35.5. The van der Waals surface area contributed by atoms with E-state index in [2.05, 4.69) is 10.5 Å². The molecule has 5 nitrogen and oxygen atoms in total. The van der Waals surface area contributed by atoms with E-state index in [1.165, 1.54) is 4.68 Å². The van der Waals surface area contributed by atoms with Gasteiger partial charge in [-0.1, -0.05) is 60.1 Å². The highest BCUT2D eigenvalue weighted by Crippen LogP contribution is 2.31. The number of aromatic nitrogens is 2. The molecule has 6 heteroatoms. The summed E-state index contributed by atoms with van der Waals surface area (Å²) in [7, 11) is 0. The number of nitrogens with zero attached hydrogens (tertiary/aromatic N) is 2. The summed E-state index contributed by atoms with van der Waals surface area (Å²) >= 11 is 6.39. The van der Waals surface area contributed by atoms with Crippen LogP contribution in [0.1, 0.15) is 10.5 Å². The van der Waals surface area contributed by atoms with Crippen molar-refractivity contribution in [2.24, 2.45) is 5.84 Å². The molecule has 0 saturated carbocycles. The smallest absolute Gasteiger partial charge is 0.285 e. The van der Waals surface area contributed by atoms with Crippen LogP contribution in [-0.4, -0.2) is 15.7 Å². The molecule has 0 spiro atoms. The van der Waals surface area contributed by atoms with Gasteiger partial charge in [-0.15, -0.1) is 0 Å². The van der Waals surface area contributed by atoms with Crippen LogP contribution in [-0.2, 0) is 0 Å². The zero-order chi connectivity index (χ0) is 15.5. The van der Waals surface area contributed by atoms with Crippen molar-refractivity contribution in [3.05, 3.63) is 71.4 Å². The topological polar surface area (TPSA) is 72.9 Å². The van der Waals surface area contributed by atoms with Gasteiger partial charge in [-0.2, -0.15) is 5.10 Å². The molecule has 1 aromatic heterocycles. The monoisotopic (exact) mass is 312 g/mol. The Morgan fingerprint density at radius 2 is 1.64 bits per heavy atom. The molecule has 22 heavy (non-hydrogen) atoms. The molecule has 3 N–H and O–H groups in total. The SMILES string of the molecule is NNC(=O)c1c(Cl)c(-c2ccccc2)nn1-c1ccccc1. The number of halogens is 1. The zero-order valence-electron chi connectivity index (χ0n) is 11.5. The molecule has 3 aromatic rings. The Bertz CT molecular complexity index is 800. The largest absolute Gasteiger partial charge is 0.289 e. The maximum absolute atomic E-state index is 12.1. The molecular formula is C16H13ClN4O. The molecule has 110 valence electrons. The number of para-hydroxylation sites is 1. The highest BCUT2D eigenvalue weighted by molar-refractivity contribution is 6.36. The number of nitrogens with two attached hydrogens (primary N) is 1. The van der Waals surface area contributed by atoms with Gasteiger partial charge >= 0.3 is 0 Å². The second kappa shape index (κ2) is 6.01. The number of carbonyl (C=O) groups excluding carboxylic acids is 1. The van der Waals surface area contributed by atoms with E-state index in [0.717, 1.165) is 11.3 Å². The first-order valence-electron chi connectivity index (χ1n) is 6.62. The van der Waals surface area contributed by atoms with Crippen molar-refractivity contribution < 1.29 is 4.79 Å². The van der Waals surface area contributed by atoms with Crippen LogP contribution >= 0.6 is 11.6 Å². The lowest BCUT2D eigenvalue weighted by Gasteiger charge is -2.05. The molecule has 0 bridgehead atoms. The molecule has 1 heterocycles. The summed E-state index contributed by atoms with van der Waals surface area (Å²) in [6.07, 6.45) is 0. The van der Waals surface area contributed by atoms with Crippen molar-refractivity contribution in [3.8, 4) is 16.9 Å². The van der Waals surface area contributed by atoms with Crippen molar-refractivity contribution in [2.75, 3.05) is 0 Å². The van der Waals surface area contributed by atoms with E-state index in [4.69, 9.17) is 17.4 Å². The molecule has 0 atom stereocenters. The lowest BCUT2D eigenvalue weighted by Crippen LogP contribution is -2.32. The first-order chi connectivity index (χ1) is 10.7. The molecule has 3 rings (SSSR count). The molecule has 0 unspecified atom stereocenters. The Morgan fingerprint density at radius 1 is 1.05 bits per heavy atom. The summed E-state index contributed by atoms with van der Waals surface area (Å²) in [6, 6.07) is 18.7. The Morgan fingerprint density at radius 3 is 2.23 bits per heavy atom. The van der Waals surface area contributed by atoms with E-state index in [0.29, 0.717) is 5.69 Å². The maximum atomic E-state index is 12.1. The Hall–Kier alpha value is -2.63. The Labute approximate surface area is 132 Å². The Balaban J connectivity index is 2.23. The van der Waals surface area contributed by atoms with Crippen LogP contribution in [0.2, 0.25) is 5.02 Å². The predicted molar refractivity (Wildman–Crippen MR) is 85.7 cm³/mol. The minimum atomic E-state index is -0.497. The summed E-state index contributed by atoms with van der Waals surface area (Å²) in [4.78, 5) is 12.1. The van der Waals surface area contributed by atoms with Gasteiger partial charge < -0.3 is 0 Å². The van der Waals surface area contributed by atoms with Crippen LogP contribution < -0.4 is 11.3 Å². The van der Waals surface area contributed by atoms with Gasteiger partial charge in [0.25, 0.3) is 5.91 Å². The number of rotatable bonds is 3. The fourth-order valence-electron chi connectivity index (χ4n) is 2.20. The number of hydrogen-bond acceptors (Lipinski definition) is 3. The van der Waals surface area contributed by atoms with Crippen LogP contribution in [0.4, 0.5) is 0 Å². The van der Waals surface area contributed by atoms with Gasteiger partial charge in [0.05, 0.1) is 5.69 Å². The van der Waals surface area contributed by atoms with Crippen LogP contribution in [0.5, 0.6) is 0 Å². The van der Waals surface area contributed by atoms with Crippen molar-refractivity contribution in [3.63, 3.8) is 0 Å². The second-order valence-corrected chi connectivity index (χ2v) is 4.98. The maximum Gasteiger partial charge on any atom is 0.285 e. The molecule has 0 fully saturated rings. The number of nitrogen functional groups attached to an aromatic ring is 1. The minimum absolute atomic E-state index is 0.203. The van der Waals surface area contributed by atoms with E-state index in [1.54, 1.807) is 0 Å².